The molecule has 1 aliphatic rings. The number of carbonyl (C=O) groups excluding carboxylic acids is 1. The van der Waals surface area contributed by atoms with Crippen LogP contribution >= 0.6 is 43.6 Å². The Labute approximate surface area is 200 Å². The molecule has 1 atom stereocenters. The number of rotatable bonds is 4. The number of H-pyrrole nitrogens is 1. The van der Waals surface area contributed by atoms with Crippen molar-refractivity contribution in [1.82, 2.24) is 10.1 Å². The molecule has 2 heterocycles. The van der Waals surface area contributed by atoms with Crippen LogP contribution in [0.4, 0.5) is 5.69 Å². The number of nitrogens with zero attached hydrogens (tertiary/aromatic N) is 3. The van der Waals surface area contributed by atoms with Gasteiger partial charge < -0.3 is 4.74 Å². The Kier molecular flexibility index (Phi) is 6.23. The van der Waals surface area contributed by atoms with Crippen molar-refractivity contribution in [2.75, 3.05) is 17.8 Å². The number of methoxy groups -OCH3 is 1. The molecule has 1 aliphatic heterocycles. The number of benzene rings is 2. The standard InChI is InChI=1S/C21H18Br2N4O3S/c1-4-31-21-24-19(29)17-13-7-5-6-8-16(13)26(11(2)28)20(27(17)25-21)12-9-14(22)18(30-3)15(23)10-12/h5-10,20H,4H2,1-3H3/p+1/t20-/m0/s1. The Morgan fingerprint density at radius 3 is 2.58 bits per heavy atom. The molecule has 0 saturated carbocycles. The Bertz CT molecular complexity index is 1220. The van der Waals surface area contributed by atoms with E-state index in [0.29, 0.717) is 27.9 Å². The second-order valence-electron chi connectivity index (χ2n) is 6.78. The number of thioether (sulfide) groups is 1. The number of fused-ring (bicyclic) bond motifs is 3. The molecule has 1 aromatic heterocycles. The number of hydrogen-bond donors (Lipinski definition) is 1. The highest BCUT2D eigenvalue weighted by Gasteiger charge is 2.45. The molecule has 4 rings (SSSR count). The van der Waals surface area contributed by atoms with Gasteiger partial charge in [0.2, 0.25) is 11.1 Å². The van der Waals surface area contributed by atoms with Gasteiger partial charge in [-0.25, -0.2) is 4.90 Å². The second kappa shape index (κ2) is 8.76. The number of carbonyl (C=O) groups is 1. The van der Waals surface area contributed by atoms with E-state index in [1.54, 1.807) is 16.7 Å². The van der Waals surface area contributed by atoms with Crippen molar-refractivity contribution in [3.05, 3.63) is 61.3 Å². The van der Waals surface area contributed by atoms with Gasteiger partial charge in [-0.1, -0.05) is 30.8 Å². The van der Waals surface area contributed by atoms with Gasteiger partial charge in [0.25, 0.3) is 6.17 Å². The fourth-order valence-electron chi connectivity index (χ4n) is 3.74. The van der Waals surface area contributed by atoms with E-state index in [1.807, 2.05) is 43.3 Å². The molecule has 1 amide bonds. The summed E-state index contributed by atoms with van der Waals surface area (Å²) in [7, 11) is 1.59. The summed E-state index contributed by atoms with van der Waals surface area (Å²) < 4.78 is 8.51. The Hall–Kier alpha value is -2.17. The quantitative estimate of drug-likeness (QED) is 0.376. The predicted octanol–water partition coefficient (Wildman–Crippen LogP) is 4.28. The number of para-hydroxylation sites is 1. The molecule has 0 spiro atoms. The SMILES string of the molecule is CCSc1n[n+]2c(c(=O)[nH]1)-c1ccccc1N(C(C)=O)[C@@H]2c1cc(Br)c(OC)c(Br)c1. The molecular weight excluding hydrogens is 548 g/mol. The predicted molar refractivity (Wildman–Crippen MR) is 127 cm³/mol. The lowest BCUT2D eigenvalue weighted by atomic mass is 10.0. The first-order valence-corrected chi connectivity index (χ1v) is 12.1. The molecule has 0 unspecified atom stereocenters. The van der Waals surface area contributed by atoms with E-state index in [1.165, 1.54) is 18.7 Å². The van der Waals surface area contributed by atoms with Crippen molar-refractivity contribution in [3.8, 4) is 17.0 Å². The van der Waals surface area contributed by atoms with Crippen LogP contribution in [-0.2, 0) is 4.79 Å². The minimum atomic E-state index is -0.653. The number of nitrogens with one attached hydrogen (secondary N) is 1. The lowest BCUT2D eigenvalue weighted by molar-refractivity contribution is -0.763. The summed E-state index contributed by atoms with van der Waals surface area (Å²) in [6, 6.07) is 11.1. The monoisotopic (exact) mass is 565 g/mol. The zero-order valence-corrected chi connectivity index (χ0v) is 21.0. The van der Waals surface area contributed by atoms with Crippen LogP contribution in [0.1, 0.15) is 25.6 Å². The molecule has 160 valence electrons. The molecule has 31 heavy (non-hydrogen) atoms. The molecule has 0 fully saturated rings. The van der Waals surface area contributed by atoms with Gasteiger partial charge in [0.05, 0.1) is 27.3 Å². The van der Waals surface area contributed by atoms with Crippen LogP contribution < -0.4 is 19.9 Å². The van der Waals surface area contributed by atoms with Crippen LogP contribution in [0.5, 0.6) is 5.75 Å². The number of amides is 1. The van der Waals surface area contributed by atoms with E-state index in [9.17, 15) is 9.59 Å². The summed E-state index contributed by atoms with van der Waals surface area (Å²) in [5, 5.41) is 5.22. The summed E-state index contributed by atoms with van der Waals surface area (Å²) in [6.45, 7) is 3.50. The number of aromatic amines is 1. The third-order valence-electron chi connectivity index (χ3n) is 4.90. The number of hydrogen-bond acceptors (Lipinski definition) is 5. The highest BCUT2D eigenvalue weighted by Crippen LogP contribution is 2.41. The normalized spacial score (nSPS) is 14.7. The van der Waals surface area contributed by atoms with E-state index < -0.39 is 6.17 Å². The molecule has 3 aromatic rings. The van der Waals surface area contributed by atoms with Gasteiger partial charge in [-0.05, 0) is 66.6 Å². The van der Waals surface area contributed by atoms with E-state index in [2.05, 4.69) is 36.8 Å². The molecule has 2 aromatic carbocycles. The topological polar surface area (TPSA) is 79.2 Å². The molecule has 0 bridgehead atoms. The minimum absolute atomic E-state index is 0.162. The van der Waals surface area contributed by atoms with Gasteiger partial charge in [0.1, 0.15) is 5.75 Å². The third kappa shape index (κ3) is 3.81. The lowest BCUT2D eigenvalue weighted by Crippen LogP contribution is -2.60. The van der Waals surface area contributed by atoms with Crippen LogP contribution in [-0.4, -0.2) is 28.9 Å². The van der Waals surface area contributed by atoms with Crippen LogP contribution in [0.2, 0.25) is 0 Å². The molecule has 0 saturated heterocycles. The highest BCUT2D eigenvalue weighted by atomic mass is 79.9. The van der Waals surface area contributed by atoms with Crippen molar-refractivity contribution in [2.45, 2.75) is 25.2 Å². The average molecular weight is 567 g/mol. The number of halogens is 2. The van der Waals surface area contributed by atoms with E-state index >= 15 is 0 Å². The second-order valence-corrected chi connectivity index (χ2v) is 9.74. The number of aromatic nitrogens is 3. The lowest BCUT2D eigenvalue weighted by Gasteiger charge is -2.31. The fraction of sp³-hybridized carbons (Fsp3) is 0.238. The van der Waals surface area contributed by atoms with Crippen molar-refractivity contribution < 1.29 is 14.2 Å². The fourth-order valence-corrected chi connectivity index (χ4v) is 5.87. The maximum Gasteiger partial charge on any atom is 0.325 e. The van der Waals surface area contributed by atoms with Crippen LogP contribution in [0.15, 0.2) is 55.3 Å². The Balaban J connectivity index is 2.07. The average Bonchev–Trinajstić information content (AvgIpc) is 2.72. The maximum absolute atomic E-state index is 13.1. The summed E-state index contributed by atoms with van der Waals surface area (Å²) >= 11 is 8.53. The van der Waals surface area contributed by atoms with Gasteiger partial charge in [-0.3, -0.25) is 14.6 Å². The van der Waals surface area contributed by atoms with Gasteiger partial charge in [-0.15, -0.1) is 0 Å². The molecule has 0 radical (unpaired) electrons. The molecular formula is C21H19Br2N4O3S+. The highest BCUT2D eigenvalue weighted by molar-refractivity contribution is 9.11. The first-order chi connectivity index (χ1) is 14.9. The van der Waals surface area contributed by atoms with E-state index in [0.717, 1.165) is 20.3 Å². The first-order valence-electron chi connectivity index (χ1n) is 9.48. The van der Waals surface area contributed by atoms with Crippen LogP contribution in [0.25, 0.3) is 11.3 Å². The summed E-state index contributed by atoms with van der Waals surface area (Å²) in [5.41, 5.74) is 2.23. The summed E-state index contributed by atoms with van der Waals surface area (Å²) in [5.74, 6) is 1.23. The summed E-state index contributed by atoms with van der Waals surface area (Å²) in [6.07, 6.45) is -0.653. The Morgan fingerprint density at radius 1 is 1.29 bits per heavy atom. The van der Waals surface area contributed by atoms with Gasteiger partial charge in [0, 0.05) is 17.6 Å². The van der Waals surface area contributed by atoms with Crippen LogP contribution in [0.3, 0.4) is 0 Å². The van der Waals surface area contributed by atoms with E-state index in [4.69, 9.17) is 9.84 Å². The zero-order chi connectivity index (χ0) is 22.3. The molecule has 10 heteroatoms. The molecule has 1 N–H and O–H groups in total. The first kappa shape index (κ1) is 22.0. The van der Waals surface area contributed by atoms with Gasteiger partial charge in [-0.2, -0.15) is 0 Å². The third-order valence-corrected chi connectivity index (χ3v) is 6.83. The molecule has 0 aliphatic carbocycles. The van der Waals surface area contributed by atoms with Crippen molar-refractivity contribution in [2.24, 2.45) is 0 Å². The maximum atomic E-state index is 13.1. The minimum Gasteiger partial charge on any atom is -0.494 e. The van der Waals surface area contributed by atoms with Gasteiger partial charge >= 0.3 is 11.3 Å². The largest absolute Gasteiger partial charge is 0.494 e. The Morgan fingerprint density at radius 2 is 1.97 bits per heavy atom. The zero-order valence-electron chi connectivity index (χ0n) is 17.0. The van der Waals surface area contributed by atoms with Crippen LogP contribution in [0, 0.1) is 0 Å². The van der Waals surface area contributed by atoms with Crippen molar-refractivity contribution >= 4 is 55.2 Å². The summed E-state index contributed by atoms with van der Waals surface area (Å²) in [4.78, 5) is 30.6. The van der Waals surface area contributed by atoms with Crippen molar-refractivity contribution in [1.29, 1.82) is 0 Å². The molecule has 7 nitrogen and oxygen atoms in total. The van der Waals surface area contributed by atoms with Gasteiger partial charge in [0.15, 0.2) is 0 Å². The number of anilines is 1. The van der Waals surface area contributed by atoms with E-state index in [-0.39, 0.29) is 11.5 Å². The van der Waals surface area contributed by atoms with Crippen molar-refractivity contribution in [3.63, 3.8) is 0 Å². The smallest absolute Gasteiger partial charge is 0.325 e. The number of ether oxygens (including phenoxy) is 1.